The molecule has 1 saturated heterocycles. The predicted octanol–water partition coefficient (Wildman–Crippen LogP) is 2.44. The monoisotopic (exact) mass is 330 g/mol. The molecular formula is C5F10O3S. The lowest BCUT2D eigenvalue weighted by Gasteiger charge is -2.45. The van der Waals surface area contributed by atoms with Crippen LogP contribution in [-0.4, -0.2) is 37.5 Å². The molecule has 1 fully saturated rings. The van der Waals surface area contributed by atoms with E-state index in [2.05, 4.69) is 4.18 Å². The van der Waals surface area contributed by atoms with Gasteiger partial charge in [0.25, 0.3) is 0 Å². The van der Waals surface area contributed by atoms with Crippen molar-refractivity contribution in [2.24, 2.45) is 0 Å². The largest absolute Gasteiger partial charge is 0.460 e. The molecule has 0 aromatic carbocycles. The Morgan fingerprint density at radius 3 is 1.42 bits per heavy atom. The Morgan fingerprint density at radius 1 is 0.842 bits per heavy atom. The summed E-state index contributed by atoms with van der Waals surface area (Å²) in [6.07, 6.45) is -13.2. The van der Waals surface area contributed by atoms with Gasteiger partial charge in [0.05, 0.1) is 0 Å². The van der Waals surface area contributed by atoms with Crippen molar-refractivity contribution in [3.8, 4) is 0 Å². The van der Waals surface area contributed by atoms with Crippen LogP contribution >= 0.6 is 0 Å². The Hall–Kier alpha value is -0.790. The molecule has 1 heterocycles. The molecule has 14 heteroatoms. The van der Waals surface area contributed by atoms with Crippen LogP contribution in [0.1, 0.15) is 0 Å². The van der Waals surface area contributed by atoms with Crippen LogP contribution in [0, 0.1) is 0 Å². The zero-order valence-corrected chi connectivity index (χ0v) is 8.73. The van der Waals surface area contributed by atoms with E-state index in [1.54, 1.807) is 0 Å². The van der Waals surface area contributed by atoms with Crippen LogP contribution in [0.5, 0.6) is 0 Å². The summed E-state index contributed by atoms with van der Waals surface area (Å²) in [5.41, 5.74) is 0. The van der Waals surface area contributed by atoms with Gasteiger partial charge in [0.2, 0.25) is 0 Å². The van der Waals surface area contributed by atoms with Gasteiger partial charge in [0, 0.05) is 0 Å². The van der Waals surface area contributed by atoms with Gasteiger partial charge in [-0.05, 0) is 0 Å². The van der Waals surface area contributed by atoms with Crippen molar-refractivity contribution in [2.45, 2.75) is 29.1 Å². The maximum Gasteiger partial charge on any atom is 0.460 e. The quantitative estimate of drug-likeness (QED) is 0.577. The number of rotatable bonds is 2. The second-order valence-electron chi connectivity index (χ2n) is 3.30. The lowest BCUT2D eigenvalue weighted by Crippen LogP contribution is -2.78. The Balaban J connectivity index is 3.51. The highest BCUT2D eigenvalue weighted by atomic mass is 32.2. The molecule has 0 spiro atoms. The first-order valence-corrected chi connectivity index (χ1v) is 5.21. The second kappa shape index (κ2) is 3.45. The van der Waals surface area contributed by atoms with E-state index in [0.717, 1.165) is 0 Å². The highest BCUT2D eigenvalue weighted by Crippen LogP contribution is 2.64. The van der Waals surface area contributed by atoms with E-state index in [1.165, 1.54) is 0 Å². The van der Waals surface area contributed by atoms with Gasteiger partial charge in [-0.15, -0.1) is 0 Å². The number of alkyl halides is 10. The lowest BCUT2D eigenvalue weighted by molar-refractivity contribution is -0.414. The molecule has 0 amide bonds. The molecule has 0 unspecified atom stereocenters. The summed E-state index contributed by atoms with van der Waals surface area (Å²) in [6, 6.07) is 0. The molecule has 1 aliphatic rings. The third-order valence-corrected chi connectivity index (χ3v) is 3.70. The fourth-order valence-corrected chi connectivity index (χ4v) is 2.24. The number of hydrogen-bond donors (Lipinski definition) is 0. The summed E-state index contributed by atoms with van der Waals surface area (Å²) >= 11 is 0. The first-order valence-electron chi connectivity index (χ1n) is 3.80. The molecule has 0 radical (unpaired) electrons. The third kappa shape index (κ3) is 1.58. The fraction of sp³-hybridized carbons (Fsp3) is 1.00. The van der Waals surface area contributed by atoms with E-state index in [-0.39, 0.29) is 0 Å². The molecule has 0 saturated carbocycles. The normalized spacial score (nSPS) is 30.8. The smallest absolute Gasteiger partial charge is 0.206 e. The van der Waals surface area contributed by atoms with Crippen LogP contribution in [0.3, 0.4) is 0 Å². The summed E-state index contributed by atoms with van der Waals surface area (Å²) in [6.45, 7) is 0. The van der Waals surface area contributed by atoms with Gasteiger partial charge in [-0.3, -0.25) is 0 Å². The molecule has 0 bridgehead atoms. The van der Waals surface area contributed by atoms with Gasteiger partial charge in [0.1, 0.15) is 0 Å². The molecule has 0 aromatic heterocycles. The van der Waals surface area contributed by atoms with Gasteiger partial charge in [-0.25, -0.2) is 4.39 Å². The molecule has 0 aromatic rings. The molecular weight excluding hydrogens is 330 g/mol. The number of halogens is 10. The zero-order chi connectivity index (χ0) is 15.7. The van der Waals surface area contributed by atoms with Crippen molar-refractivity contribution in [2.75, 3.05) is 0 Å². The van der Waals surface area contributed by atoms with E-state index < -0.39 is 39.2 Å². The number of hydrogen-bond acceptors (Lipinski definition) is 3. The average Bonchev–Trinajstić information content (AvgIpc) is 2.11. The summed E-state index contributed by atoms with van der Waals surface area (Å²) in [7, 11) is -6.68. The van der Waals surface area contributed by atoms with Gasteiger partial charge < -0.3 is 0 Å². The maximum absolute atomic E-state index is 13.1. The first-order chi connectivity index (χ1) is 7.96. The van der Waals surface area contributed by atoms with E-state index in [9.17, 15) is 52.3 Å². The zero-order valence-electron chi connectivity index (χ0n) is 7.91. The predicted molar refractivity (Wildman–Crippen MR) is 34.7 cm³/mol. The maximum atomic E-state index is 13.1. The Labute approximate surface area is 96.8 Å². The van der Waals surface area contributed by atoms with Crippen LogP contribution < -0.4 is 0 Å². The first kappa shape index (κ1) is 16.3. The SMILES string of the molecule is O=S1(=O)OC(F)(F)[C@]1(F)C(F)(F)C(F)(F)C(F)(F)F. The standard InChI is InChI=1S/C5F10O3S/c6-1(7,2(8,9)4(11,12)13)3(10)5(14,15)18-19(3,16)17/t3-/m0/s1. The van der Waals surface area contributed by atoms with Crippen LogP contribution in [0.2, 0.25) is 0 Å². The molecule has 0 N–H and O–H groups in total. The van der Waals surface area contributed by atoms with E-state index in [4.69, 9.17) is 0 Å². The molecule has 1 aliphatic heterocycles. The summed E-state index contributed by atoms with van der Waals surface area (Å²) in [4.78, 5) is 0. The van der Waals surface area contributed by atoms with Crippen molar-refractivity contribution in [1.82, 2.24) is 0 Å². The van der Waals surface area contributed by atoms with Crippen molar-refractivity contribution >= 4 is 10.1 Å². The lowest BCUT2D eigenvalue weighted by atomic mass is 10.0. The molecule has 0 aliphatic carbocycles. The van der Waals surface area contributed by atoms with Crippen LogP contribution in [0.15, 0.2) is 0 Å². The van der Waals surface area contributed by atoms with E-state index in [0.29, 0.717) is 0 Å². The fourth-order valence-electron chi connectivity index (χ4n) is 1.08. The van der Waals surface area contributed by atoms with Gasteiger partial charge in [-0.1, -0.05) is 0 Å². The topological polar surface area (TPSA) is 43.4 Å². The molecule has 19 heavy (non-hydrogen) atoms. The van der Waals surface area contributed by atoms with Crippen molar-refractivity contribution in [3.63, 3.8) is 0 Å². The van der Waals surface area contributed by atoms with E-state index >= 15 is 0 Å². The van der Waals surface area contributed by atoms with Gasteiger partial charge in [-0.2, -0.15) is 52.1 Å². The molecule has 1 atom stereocenters. The Bertz CT molecular complexity index is 492. The van der Waals surface area contributed by atoms with Crippen molar-refractivity contribution in [1.29, 1.82) is 0 Å². The van der Waals surface area contributed by atoms with Gasteiger partial charge in [0.15, 0.2) is 0 Å². The van der Waals surface area contributed by atoms with Crippen LogP contribution in [-0.2, 0) is 14.3 Å². The summed E-state index contributed by atoms with van der Waals surface area (Å²) < 4.78 is 146. The second-order valence-corrected chi connectivity index (χ2v) is 4.93. The summed E-state index contributed by atoms with van der Waals surface area (Å²) in [5, 5.41) is -6.54. The van der Waals surface area contributed by atoms with Crippen molar-refractivity contribution in [3.05, 3.63) is 0 Å². The molecule has 1 rings (SSSR count). The minimum Gasteiger partial charge on any atom is -0.206 e. The Kier molecular flexibility index (Phi) is 2.95. The molecule has 114 valence electrons. The highest BCUT2D eigenvalue weighted by Gasteiger charge is 2.97. The van der Waals surface area contributed by atoms with Crippen LogP contribution in [0.25, 0.3) is 0 Å². The highest BCUT2D eigenvalue weighted by molar-refractivity contribution is 7.89. The van der Waals surface area contributed by atoms with Crippen molar-refractivity contribution < 1.29 is 56.5 Å². The minimum absolute atomic E-state index is 2.31. The Morgan fingerprint density at radius 2 is 1.21 bits per heavy atom. The summed E-state index contributed by atoms with van der Waals surface area (Å²) in [5.74, 6) is -14.7. The molecule has 3 nitrogen and oxygen atoms in total. The average molecular weight is 330 g/mol. The minimum atomic E-state index is -7.37. The van der Waals surface area contributed by atoms with E-state index in [1.807, 2.05) is 0 Å². The van der Waals surface area contributed by atoms with Gasteiger partial charge >= 0.3 is 39.2 Å². The third-order valence-electron chi connectivity index (χ3n) is 2.09. The van der Waals surface area contributed by atoms with Crippen LogP contribution in [0.4, 0.5) is 43.9 Å².